The molecule has 6 nitrogen and oxygen atoms in total. The zero-order chi connectivity index (χ0) is 15.5. The fourth-order valence-electron chi connectivity index (χ4n) is 2.47. The second kappa shape index (κ2) is 6.91. The predicted molar refractivity (Wildman–Crippen MR) is 81.7 cm³/mol. The molecule has 1 heterocycles. The molecule has 120 valence electrons. The summed E-state index contributed by atoms with van der Waals surface area (Å²) < 4.78 is 34.3. The number of hydrogen-bond acceptors (Lipinski definition) is 4. The minimum atomic E-state index is -3.44. The molecule has 0 radical (unpaired) electrons. The molecule has 0 amide bonds. The molecule has 1 fully saturated rings. The summed E-state index contributed by atoms with van der Waals surface area (Å²) in [5.74, 6) is 0. The van der Waals surface area contributed by atoms with Crippen LogP contribution in [0.25, 0.3) is 0 Å². The smallest absolute Gasteiger partial charge is 0.244 e. The number of nitrogens with one attached hydrogen (secondary N) is 1. The van der Waals surface area contributed by atoms with Crippen LogP contribution in [0.15, 0.2) is 17.2 Å². The number of nitrogens with zero attached hydrogens (tertiary/aromatic N) is 2. The number of aryl methyl sites for hydroxylation is 1. The molecule has 7 heteroatoms. The van der Waals surface area contributed by atoms with E-state index in [0.717, 1.165) is 25.1 Å². The Hall–Kier alpha value is -0.890. The summed E-state index contributed by atoms with van der Waals surface area (Å²) in [4.78, 5) is 0.387. The number of ether oxygens (including phenoxy) is 1. The van der Waals surface area contributed by atoms with Gasteiger partial charge in [0.15, 0.2) is 0 Å². The zero-order valence-electron chi connectivity index (χ0n) is 13.0. The first-order valence-electron chi connectivity index (χ1n) is 7.39. The summed E-state index contributed by atoms with van der Waals surface area (Å²) in [5.41, 5.74) is 0.987. The Balaban J connectivity index is 2.28. The lowest BCUT2D eigenvalue weighted by Crippen LogP contribution is -2.35. The molecule has 2 rings (SSSR count). The van der Waals surface area contributed by atoms with Gasteiger partial charge in [0, 0.05) is 44.7 Å². The van der Waals surface area contributed by atoms with Crippen LogP contribution in [-0.2, 0) is 27.8 Å². The molecule has 0 bridgehead atoms. The third-order valence-corrected chi connectivity index (χ3v) is 5.65. The van der Waals surface area contributed by atoms with Gasteiger partial charge in [0.25, 0.3) is 0 Å². The van der Waals surface area contributed by atoms with Crippen LogP contribution in [0, 0.1) is 0 Å². The maximum Gasteiger partial charge on any atom is 0.244 e. The quantitative estimate of drug-likeness (QED) is 0.739. The van der Waals surface area contributed by atoms with E-state index in [0.29, 0.717) is 24.6 Å². The average molecular weight is 315 g/mol. The van der Waals surface area contributed by atoms with Crippen LogP contribution >= 0.6 is 0 Å². The van der Waals surface area contributed by atoms with Crippen molar-refractivity contribution in [1.29, 1.82) is 0 Å². The van der Waals surface area contributed by atoms with Gasteiger partial charge >= 0.3 is 0 Å². The van der Waals surface area contributed by atoms with Crippen LogP contribution in [-0.4, -0.2) is 50.6 Å². The van der Waals surface area contributed by atoms with E-state index in [9.17, 15) is 8.42 Å². The number of sulfonamides is 1. The largest absolute Gasteiger partial charge is 0.383 e. The highest BCUT2D eigenvalue weighted by molar-refractivity contribution is 7.89. The zero-order valence-corrected chi connectivity index (χ0v) is 13.8. The van der Waals surface area contributed by atoms with Crippen molar-refractivity contribution in [2.75, 3.05) is 27.3 Å². The minimum absolute atomic E-state index is 0.142. The molecule has 1 aliphatic rings. The second-order valence-electron chi connectivity index (χ2n) is 5.32. The van der Waals surface area contributed by atoms with Gasteiger partial charge in [0.1, 0.15) is 4.90 Å². The Morgan fingerprint density at radius 2 is 2.19 bits per heavy atom. The van der Waals surface area contributed by atoms with Gasteiger partial charge in [-0.25, -0.2) is 8.42 Å². The molecule has 1 aromatic heterocycles. The fraction of sp³-hybridized carbons (Fsp3) is 0.714. The van der Waals surface area contributed by atoms with Crippen LogP contribution in [0.1, 0.15) is 25.5 Å². The molecule has 0 aliphatic heterocycles. The first-order valence-corrected chi connectivity index (χ1v) is 8.83. The summed E-state index contributed by atoms with van der Waals surface area (Å²) in [7, 11) is 0.0155. The van der Waals surface area contributed by atoms with Gasteiger partial charge in [-0.15, -0.1) is 0 Å². The van der Waals surface area contributed by atoms with Gasteiger partial charge in [-0.3, -0.25) is 0 Å². The van der Waals surface area contributed by atoms with Crippen molar-refractivity contribution in [3.05, 3.63) is 18.0 Å². The molecular weight excluding hydrogens is 290 g/mol. The lowest BCUT2D eigenvalue weighted by atomic mass is 10.4. The molecule has 21 heavy (non-hydrogen) atoms. The monoisotopic (exact) mass is 315 g/mol. The van der Waals surface area contributed by atoms with Gasteiger partial charge in [0.2, 0.25) is 10.0 Å². The third kappa shape index (κ3) is 3.66. The summed E-state index contributed by atoms with van der Waals surface area (Å²) in [6.45, 7) is 4.27. The highest BCUT2D eigenvalue weighted by atomic mass is 32.2. The Morgan fingerprint density at radius 3 is 2.71 bits per heavy atom. The van der Waals surface area contributed by atoms with Crippen molar-refractivity contribution in [1.82, 2.24) is 14.2 Å². The Morgan fingerprint density at radius 1 is 1.48 bits per heavy atom. The number of methoxy groups -OCH3 is 1. The van der Waals surface area contributed by atoms with E-state index >= 15 is 0 Å². The first-order chi connectivity index (χ1) is 10.0. The van der Waals surface area contributed by atoms with E-state index in [-0.39, 0.29) is 6.04 Å². The Bertz CT molecular complexity index is 564. The topological polar surface area (TPSA) is 63.6 Å². The van der Waals surface area contributed by atoms with Crippen LogP contribution in [0.5, 0.6) is 0 Å². The summed E-state index contributed by atoms with van der Waals surface area (Å²) >= 11 is 0. The lowest BCUT2D eigenvalue weighted by Gasteiger charge is -2.20. The van der Waals surface area contributed by atoms with E-state index in [1.54, 1.807) is 23.7 Å². The molecular formula is C14H25N3O3S. The van der Waals surface area contributed by atoms with Crippen molar-refractivity contribution in [2.24, 2.45) is 0 Å². The fourth-order valence-corrected chi connectivity index (χ4v) is 4.20. The van der Waals surface area contributed by atoms with Crippen molar-refractivity contribution in [3.63, 3.8) is 0 Å². The van der Waals surface area contributed by atoms with Crippen molar-refractivity contribution >= 4 is 10.0 Å². The van der Waals surface area contributed by atoms with Crippen LogP contribution < -0.4 is 5.32 Å². The van der Waals surface area contributed by atoms with Crippen LogP contribution in [0.3, 0.4) is 0 Å². The molecule has 0 unspecified atom stereocenters. The minimum Gasteiger partial charge on any atom is -0.383 e. The third-order valence-electron chi connectivity index (χ3n) is 3.74. The number of hydrogen-bond donors (Lipinski definition) is 1. The Labute approximate surface area is 127 Å². The van der Waals surface area contributed by atoms with E-state index < -0.39 is 10.0 Å². The molecule has 0 atom stereocenters. The van der Waals surface area contributed by atoms with Crippen molar-refractivity contribution < 1.29 is 13.2 Å². The summed E-state index contributed by atoms with van der Waals surface area (Å²) in [6.07, 6.45) is 3.63. The number of rotatable bonds is 9. The SMILES string of the molecule is CCn1cc(S(=O)(=O)N(CCOC)C2CC2)cc1CNC. The van der Waals surface area contributed by atoms with E-state index in [1.807, 2.05) is 18.5 Å². The Kier molecular flexibility index (Phi) is 5.43. The second-order valence-corrected chi connectivity index (χ2v) is 7.21. The molecule has 1 aliphatic carbocycles. The van der Waals surface area contributed by atoms with Crippen molar-refractivity contribution in [2.45, 2.75) is 43.8 Å². The molecule has 1 saturated carbocycles. The average Bonchev–Trinajstić information content (AvgIpc) is 3.19. The van der Waals surface area contributed by atoms with Gasteiger partial charge in [-0.05, 0) is 32.9 Å². The standard InChI is InChI=1S/C14H25N3O3S/c1-4-16-11-14(9-13(16)10-15-2)21(18,19)17(7-8-20-3)12-5-6-12/h9,11-12,15H,4-8,10H2,1-3H3. The summed E-state index contributed by atoms with van der Waals surface area (Å²) in [5, 5.41) is 3.07. The van der Waals surface area contributed by atoms with Crippen LogP contribution in [0.2, 0.25) is 0 Å². The summed E-state index contributed by atoms with van der Waals surface area (Å²) in [6, 6.07) is 1.92. The van der Waals surface area contributed by atoms with Crippen molar-refractivity contribution in [3.8, 4) is 0 Å². The first kappa shape index (κ1) is 16.5. The van der Waals surface area contributed by atoms with Gasteiger partial charge in [-0.2, -0.15) is 4.31 Å². The lowest BCUT2D eigenvalue weighted by molar-refractivity contribution is 0.177. The predicted octanol–water partition coefficient (Wildman–Crippen LogP) is 1.03. The molecule has 1 aromatic rings. The highest BCUT2D eigenvalue weighted by Gasteiger charge is 2.38. The van der Waals surface area contributed by atoms with E-state index in [4.69, 9.17) is 4.74 Å². The van der Waals surface area contributed by atoms with Crippen LogP contribution in [0.4, 0.5) is 0 Å². The molecule has 0 saturated heterocycles. The van der Waals surface area contributed by atoms with Gasteiger partial charge < -0.3 is 14.6 Å². The molecule has 0 aromatic carbocycles. The van der Waals surface area contributed by atoms with E-state index in [2.05, 4.69) is 5.32 Å². The number of aromatic nitrogens is 1. The maximum atomic E-state index is 12.8. The molecule has 1 N–H and O–H groups in total. The van der Waals surface area contributed by atoms with Gasteiger partial charge in [-0.1, -0.05) is 0 Å². The maximum absolute atomic E-state index is 12.8. The molecule has 0 spiro atoms. The van der Waals surface area contributed by atoms with Gasteiger partial charge in [0.05, 0.1) is 6.61 Å². The highest BCUT2D eigenvalue weighted by Crippen LogP contribution is 2.32. The van der Waals surface area contributed by atoms with E-state index in [1.165, 1.54) is 0 Å². The normalized spacial score (nSPS) is 15.8.